The zero-order chi connectivity index (χ0) is 26.9. The first-order valence-electron chi connectivity index (χ1n) is 12.5. The Labute approximate surface area is 234 Å². The standard InChI is InChI=1S/C29H31Cl2N5O2/c1-38-16-15-35-11-9-34(10-12-35)13-14-36(29(37)33-27-19-25(30)18-26(31)20-27)28-7-5-23(6-8-28)24-4-2-3-22(17-24)21-32/h2-8,17-20H,9-16H2,1H3,(H,33,37). The fourth-order valence-corrected chi connectivity index (χ4v) is 4.99. The molecule has 1 fully saturated rings. The summed E-state index contributed by atoms with van der Waals surface area (Å²) in [5, 5.41) is 13.1. The van der Waals surface area contributed by atoms with Gasteiger partial charge in [0, 0.05) is 74.3 Å². The smallest absolute Gasteiger partial charge is 0.326 e. The lowest BCUT2D eigenvalue weighted by Gasteiger charge is -2.35. The molecule has 0 radical (unpaired) electrons. The molecule has 1 N–H and O–H groups in total. The summed E-state index contributed by atoms with van der Waals surface area (Å²) in [4.78, 5) is 20.0. The molecule has 0 unspecified atom stereocenters. The molecule has 1 aliphatic rings. The normalized spacial score (nSPS) is 14.2. The average Bonchev–Trinajstić information content (AvgIpc) is 2.92. The highest BCUT2D eigenvalue weighted by atomic mass is 35.5. The average molecular weight is 553 g/mol. The fourth-order valence-electron chi connectivity index (χ4n) is 4.47. The Balaban J connectivity index is 1.49. The summed E-state index contributed by atoms with van der Waals surface area (Å²) in [5.41, 5.74) is 3.84. The number of nitriles is 1. The molecule has 0 spiro atoms. The lowest BCUT2D eigenvalue weighted by atomic mass is 10.0. The van der Waals surface area contributed by atoms with Crippen LogP contribution in [0.2, 0.25) is 10.0 Å². The van der Waals surface area contributed by atoms with Crippen molar-refractivity contribution in [2.75, 3.05) is 69.7 Å². The van der Waals surface area contributed by atoms with Crippen molar-refractivity contribution < 1.29 is 9.53 Å². The third-order valence-electron chi connectivity index (χ3n) is 6.58. The molecule has 38 heavy (non-hydrogen) atoms. The molecule has 7 nitrogen and oxygen atoms in total. The second-order valence-corrected chi connectivity index (χ2v) is 10.0. The van der Waals surface area contributed by atoms with E-state index in [0.29, 0.717) is 27.8 Å². The van der Waals surface area contributed by atoms with Gasteiger partial charge < -0.3 is 10.1 Å². The number of halogens is 2. The third-order valence-corrected chi connectivity index (χ3v) is 7.02. The first kappa shape index (κ1) is 27.9. The van der Waals surface area contributed by atoms with Crippen molar-refractivity contribution in [2.24, 2.45) is 0 Å². The topological polar surface area (TPSA) is 71.8 Å². The number of carbonyl (C=O) groups is 1. The van der Waals surface area contributed by atoms with Gasteiger partial charge in [0.15, 0.2) is 0 Å². The molecule has 0 aromatic heterocycles. The summed E-state index contributed by atoms with van der Waals surface area (Å²) in [5.74, 6) is 0. The monoisotopic (exact) mass is 551 g/mol. The van der Waals surface area contributed by atoms with Crippen molar-refractivity contribution in [1.29, 1.82) is 5.26 Å². The van der Waals surface area contributed by atoms with Gasteiger partial charge in [0.1, 0.15) is 0 Å². The van der Waals surface area contributed by atoms with Crippen molar-refractivity contribution in [2.45, 2.75) is 0 Å². The molecule has 4 rings (SSSR count). The molecule has 2 amide bonds. The molecule has 3 aromatic carbocycles. The quantitative estimate of drug-likeness (QED) is 0.362. The van der Waals surface area contributed by atoms with Gasteiger partial charge in [0.25, 0.3) is 0 Å². The van der Waals surface area contributed by atoms with Crippen molar-refractivity contribution in [3.63, 3.8) is 0 Å². The SMILES string of the molecule is COCCN1CCN(CCN(C(=O)Nc2cc(Cl)cc(Cl)c2)c2ccc(-c3cccc(C#N)c3)cc2)CC1. The van der Waals surface area contributed by atoms with E-state index in [9.17, 15) is 10.1 Å². The van der Waals surface area contributed by atoms with E-state index in [2.05, 4.69) is 21.2 Å². The van der Waals surface area contributed by atoms with Crippen molar-refractivity contribution in [3.8, 4) is 17.2 Å². The van der Waals surface area contributed by atoms with Gasteiger partial charge in [-0.1, -0.05) is 47.5 Å². The van der Waals surface area contributed by atoms with Crippen LogP contribution >= 0.6 is 23.2 Å². The van der Waals surface area contributed by atoms with Gasteiger partial charge in [-0.25, -0.2) is 4.79 Å². The fraction of sp³-hybridized carbons (Fsp3) is 0.310. The van der Waals surface area contributed by atoms with E-state index in [1.54, 1.807) is 36.3 Å². The highest BCUT2D eigenvalue weighted by Crippen LogP contribution is 2.26. The molecule has 1 heterocycles. The summed E-state index contributed by atoms with van der Waals surface area (Å²) < 4.78 is 5.20. The van der Waals surface area contributed by atoms with E-state index in [1.807, 2.05) is 42.5 Å². The van der Waals surface area contributed by atoms with Crippen LogP contribution in [0.15, 0.2) is 66.7 Å². The summed E-state index contributed by atoms with van der Waals surface area (Å²) in [6.07, 6.45) is 0. The molecule has 198 valence electrons. The molecule has 0 aliphatic carbocycles. The number of nitrogens with zero attached hydrogens (tertiary/aromatic N) is 4. The highest BCUT2D eigenvalue weighted by Gasteiger charge is 2.21. The van der Waals surface area contributed by atoms with E-state index in [0.717, 1.165) is 62.7 Å². The second-order valence-electron chi connectivity index (χ2n) is 9.16. The van der Waals surface area contributed by atoms with Crippen molar-refractivity contribution in [1.82, 2.24) is 9.80 Å². The van der Waals surface area contributed by atoms with Crippen LogP contribution in [0.1, 0.15) is 5.56 Å². The number of urea groups is 1. The predicted molar refractivity (Wildman–Crippen MR) is 154 cm³/mol. The van der Waals surface area contributed by atoms with E-state index in [-0.39, 0.29) is 6.03 Å². The maximum absolute atomic E-state index is 13.5. The second kappa shape index (κ2) is 13.6. The van der Waals surface area contributed by atoms with Crippen LogP contribution in [0.4, 0.5) is 16.2 Å². The summed E-state index contributed by atoms with van der Waals surface area (Å²) in [7, 11) is 1.73. The first-order valence-corrected chi connectivity index (χ1v) is 13.3. The Bertz CT molecular complexity index is 1250. The van der Waals surface area contributed by atoms with Crippen LogP contribution in [0, 0.1) is 11.3 Å². The zero-order valence-electron chi connectivity index (χ0n) is 21.4. The number of nitrogens with one attached hydrogen (secondary N) is 1. The molecule has 0 bridgehead atoms. The van der Waals surface area contributed by atoms with Gasteiger partial charge in [-0.2, -0.15) is 5.26 Å². The van der Waals surface area contributed by atoms with Crippen molar-refractivity contribution in [3.05, 3.63) is 82.3 Å². The van der Waals surface area contributed by atoms with Gasteiger partial charge in [0.2, 0.25) is 0 Å². The Kier molecular flexibility index (Phi) is 9.99. The van der Waals surface area contributed by atoms with Crippen molar-refractivity contribution >= 4 is 40.6 Å². The number of carbonyl (C=O) groups excluding carboxylic acids is 1. The third kappa shape index (κ3) is 7.70. The Morgan fingerprint density at radius 2 is 1.61 bits per heavy atom. The Morgan fingerprint density at radius 1 is 0.947 bits per heavy atom. The number of methoxy groups -OCH3 is 1. The summed E-state index contributed by atoms with van der Waals surface area (Å²) in [6.45, 7) is 6.77. The van der Waals surface area contributed by atoms with Gasteiger partial charge >= 0.3 is 6.03 Å². The van der Waals surface area contributed by atoms with Crippen LogP contribution in [0.5, 0.6) is 0 Å². The van der Waals surface area contributed by atoms with E-state index in [1.165, 1.54) is 0 Å². The van der Waals surface area contributed by atoms with E-state index < -0.39 is 0 Å². The highest BCUT2D eigenvalue weighted by molar-refractivity contribution is 6.35. The van der Waals surface area contributed by atoms with Gasteiger partial charge in [-0.15, -0.1) is 0 Å². The van der Waals surface area contributed by atoms with E-state index >= 15 is 0 Å². The van der Waals surface area contributed by atoms with Crippen LogP contribution in [-0.4, -0.2) is 75.4 Å². The number of hydrogen-bond donors (Lipinski definition) is 1. The number of ether oxygens (including phenoxy) is 1. The number of piperazine rings is 1. The maximum atomic E-state index is 13.5. The molecular weight excluding hydrogens is 521 g/mol. The number of anilines is 2. The minimum absolute atomic E-state index is 0.263. The minimum Gasteiger partial charge on any atom is -0.383 e. The summed E-state index contributed by atoms with van der Waals surface area (Å²) >= 11 is 12.3. The molecule has 0 saturated carbocycles. The van der Waals surface area contributed by atoms with E-state index in [4.69, 9.17) is 27.9 Å². The molecule has 9 heteroatoms. The Morgan fingerprint density at radius 3 is 2.24 bits per heavy atom. The lowest BCUT2D eigenvalue weighted by molar-refractivity contribution is 0.0983. The maximum Gasteiger partial charge on any atom is 0.326 e. The predicted octanol–water partition coefficient (Wildman–Crippen LogP) is 5.83. The molecule has 0 atom stereocenters. The zero-order valence-corrected chi connectivity index (χ0v) is 22.9. The number of rotatable bonds is 9. The van der Waals surface area contributed by atoms with Gasteiger partial charge in [-0.05, 0) is 53.6 Å². The van der Waals surface area contributed by atoms with Crippen LogP contribution in [-0.2, 0) is 4.74 Å². The van der Waals surface area contributed by atoms with Gasteiger partial charge in [-0.3, -0.25) is 14.7 Å². The van der Waals surface area contributed by atoms with Crippen LogP contribution in [0.3, 0.4) is 0 Å². The first-order chi connectivity index (χ1) is 18.4. The number of benzene rings is 3. The Hall–Kier alpha value is -3.12. The minimum atomic E-state index is -0.263. The molecular formula is C29H31Cl2N5O2. The van der Waals surface area contributed by atoms with Gasteiger partial charge in [0.05, 0.1) is 18.2 Å². The summed E-state index contributed by atoms with van der Waals surface area (Å²) in [6, 6.07) is 22.2. The largest absolute Gasteiger partial charge is 0.383 e. The number of hydrogen-bond acceptors (Lipinski definition) is 5. The molecule has 1 saturated heterocycles. The molecule has 1 aliphatic heterocycles. The molecule has 3 aromatic rings. The van der Waals surface area contributed by atoms with Crippen LogP contribution in [0.25, 0.3) is 11.1 Å². The number of amides is 2. The lowest BCUT2D eigenvalue weighted by Crippen LogP contribution is -2.50. The van der Waals surface area contributed by atoms with Crippen LogP contribution < -0.4 is 10.2 Å².